The maximum atomic E-state index is 13.7. The Kier molecular flexibility index (Phi) is 6.14. The van der Waals surface area contributed by atoms with Crippen LogP contribution in [0.5, 0.6) is 5.75 Å². The van der Waals surface area contributed by atoms with Gasteiger partial charge in [0.25, 0.3) is 0 Å². The molecule has 9 nitrogen and oxygen atoms in total. The van der Waals surface area contributed by atoms with Crippen LogP contribution in [0.2, 0.25) is 0 Å². The summed E-state index contributed by atoms with van der Waals surface area (Å²) in [5, 5.41) is 24.1. The van der Waals surface area contributed by atoms with Gasteiger partial charge in [0.05, 0.1) is 11.3 Å². The first-order valence-electron chi connectivity index (χ1n) is 13.6. The highest BCUT2D eigenvalue weighted by molar-refractivity contribution is 5.98. The van der Waals surface area contributed by atoms with E-state index in [9.17, 15) is 27.9 Å². The Balaban J connectivity index is 1.15. The minimum absolute atomic E-state index is 0.0817. The molecule has 0 spiro atoms. The molecular weight excluding hydrogens is 564 g/mol. The van der Waals surface area contributed by atoms with E-state index in [0.717, 1.165) is 30.0 Å². The fourth-order valence-electron chi connectivity index (χ4n) is 6.24. The first kappa shape index (κ1) is 26.9. The number of phenolic OH excluding ortho intramolecular Hbond substituents is 1. The van der Waals surface area contributed by atoms with Crippen molar-refractivity contribution in [1.82, 2.24) is 29.6 Å². The second kappa shape index (κ2) is 9.81. The Bertz CT molecular complexity index is 1890. The van der Waals surface area contributed by atoms with Crippen molar-refractivity contribution in [3.63, 3.8) is 0 Å². The Morgan fingerprint density at radius 3 is 2.58 bits per heavy atom. The van der Waals surface area contributed by atoms with Crippen molar-refractivity contribution in [3.8, 4) is 34.2 Å². The number of phenols is 1. The number of piperidine rings is 1. The molecule has 2 N–H and O–H groups in total. The number of rotatable bonds is 5. The van der Waals surface area contributed by atoms with Crippen molar-refractivity contribution in [2.24, 2.45) is 7.05 Å². The molecule has 3 fully saturated rings. The number of aromatic nitrogens is 5. The van der Waals surface area contributed by atoms with Crippen LogP contribution in [0.15, 0.2) is 55.0 Å². The van der Waals surface area contributed by atoms with Gasteiger partial charge in [0.1, 0.15) is 29.1 Å². The zero-order chi connectivity index (χ0) is 30.0. The van der Waals surface area contributed by atoms with Crippen LogP contribution in [-0.4, -0.2) is 59.9 Å². The average molecular weight is 589 g/mol. The minimum atomic E-state index is -4.64. The fraction of sp³-hybridized carbons (Fsp3) is 0.267. The van der Waals surface area contributed by atoms with E-state index >= 15 is 0 Å². The van der Waals surface area contributed by atoms with E-state index in [1.807, 2.05) is 12.1 Å². The van der Waals surface area contributed by atoms with Gasteiger partial charge in [-0.2, -0.15) is 23.5 Å². The number of benzene rings is 1. The second-order valence-electron chi connectivity index (χ2n) is 11.0. The molecule has 43 heavy (non-hydrogen) atoms. The highest BCUT2D eigenvalue weighted by atomic mass is 19.4. The van der Waals surface area contributed by atoms with Crippen molar-refractivity contribution in [1.29, 1.82) is 5.26 Å². The molecule has 4 aromatic heterocycles. The number of nitriles is 1. The summed E-state index contributed by atoms with van der Waals surface area (Å²) in [7, 11) is 1.42. The maximum absolute atomic E-state index is 13.7. The monoisotopic (exact) mass is 588 g/mol. The third-order valence-electron chi connectivity index (χ3n) is 8.27. The number of fused-ring (bicyclic) bond motifs is 3. The second-order valence-corrected chi connectivity index (χ2v) is 11.0. The van der Waals surface area contributed by atoms with Crippen molar-refractivity contribution < 1.29 is 22.7 Å². The number of aromatic amines is 1. The van der Waals surface area contributed by atoms with Crippen molar-refractivity contribution >= 4 is 16.9 Å². The van der Waals surface area contributed by atoms with Crippen LogP contribution >= 0.6 is 0 Å². The van der Waals surface area contributed by atoms with Gasteiger partial charge in [0, 0.05) is 85.0 Å². The molecule has 3 aliphatic heterocycles. The minimum Gasteiger partial charge on any atom is -0.508 e. The number of aryl methyl sites for hydroxylation is 1. The van der Waals surface area contributed by atoms with Crippen LogP contribution in [0.3, 0.4) is 0 Å². The highest BCUT2D eigenvalue weighted by Crippen LogP contribution is 2.40. The van der Waals surface area contributed by atoms with E-state index in [1.54, 1.807) is 12.3 Å². The van der Waals surface area contributed by atoms with E-state index in [-0.39, 0.29) is 40.5 Å². The lowest BCUT2D eigenvalue weighted by atomic mass is 9.86. The van der Waals surface area contributed by atoms with Crippen LogP contribution in [0.1, 0.15) is 23.2 Å². The number of nitrogens with one attached hydrogen (secondary N) is 1. The molecule has 218 valence electrons. The Morgan fingerprint density at radius 1 is 1.09 bits per heavy atom. The normalized spacial score (nSPS) is 18.6. The molecule has 1 aromatic carbocycles. The van der Waals surface area contributed by atoms with E-state index in [0.29, 0.717) is 34.3 Å². The molecule has 3 saturated heterocycles. The molecule has 2 bridgehead atoms. The Labute approximate surface area is 242 Å². The smallest absolute Gasteiger partial charge is 0.435 e. The number of alkyl halides is 3. The predicted octanol–water partition coefficient (Wildman–Crippen LogP) is 5.22. The standard InChI is InChI=1S/C30H24F4N8O/c1-40-15-23(28(39-40)30(32,33)34)24-8-22-27(18(9-35)11-37-29(22)38-24)16-2-5-26(36-10-16)41-13-20-7-21(14-41)42(20)12-17-6-19(31)3-4-25(17)43/h2-6,8,10-11,15,20-21,43H,7,12-14H2,1H3,(H,37,38). The summed E-state index contributed by atoms with van der Waals surface area (Å²) in [5.41, 5.74) is 1.38. The SMILES string of the molecule is Cn1cc(-c2cc3c(-c4ccc(N5CC6CC(C5)N6Cc5cc(F)ccc5O)nc4)c(C#N)cnc3[nH]2)c(C(F)(F)F)n1. The molecule has 3 aliphatic rings. The summed E-state index contributed by atoms with van der Waals surface area (Å²) >= 11 is 0. The van der Waals surface area contributed by atoms with Crippen molar-refractivity contribution in [2.45, 2.75) is 31.2 Å². The van der Waals surface area contributed by atoms with Crippen LogP contribution in [0.25, 0.3) is 33.4 Å². The third-order valence-corrected chi connectivity index (χ3v) is 8.27. The molecule has 0 amide bonds. The van der Waals surface area contributed by atoms with Crippen LogP contribution in [0, 0.1) is 17.1 Å². The molecule has 2 atom stereocenters. The molecule has 2 unspecified atom stereocenters. The summed E-state index contributed by atoms with van der Waals surface area (Å²) in [6.07, 6.45) is 0.706. The van der Waals surface area contributed by atoms with Crippen molar-refractivity contribution in [2.75, 3.05) is 18.0 Å². The van der Waals surface area contributed by atoms with E-state index < -0.39 is 11.9 Å². The lowest BCUT2D eigenvalue weighted by molar-refractivity contribution is -0.141. The van der Waals surface area contributed by atoms with Gasteiger partial charge in [-0.15, -0.1) is 0 Å². The molecule has 7 heterocycles. The first-order chi connectivity index (χ1) is 20.6. The number of halogens is 4. The summed E-state index contributed by atoms with van der Waals surface area (Å²) in [4.78, 5) is 16.4. The number of aromatic hydroxyl groups is 1. The molecule has 5 aromatic rings. The lowest BCUT2D eigenvalue weighted by Crippen LogP contribution is -2.68. The average Bonchev–Trinajstić information content (AvgIpc) is 3.61. The lowest BCUT2D eigenvalue weighted by Gasteiger charge is -2.56. The Morgan fingerprint density at radius 2 is 1.88 bits per heavy atom. The van der Waals surface area contributed by atoms with Gasteiger partial charge >= 0.3 is 6.18 Å². The fourth-order valence-corrected chi connectivity index (χ4v) is 6.24. The molecule has 8 rings (SSSR count). The number of hydrogen-bond donors (Lipinski definition) is 2. The van der Waals surface area contributed by atoms with Gasteiger partial charge < -0.3 is 15.0 Å². The molecule has 0 saturated carbocycles. The number of piperazine rings is 1. The number of anilines is 1. The van der Waals surface area contributed by atoms with E-state index in [2.05, 4.69) is 35.9 Å². The number of hydrogen-bond acceptors (Lipinski definition) is 7. The Hall–Kier alpha value is -4.96. The first-order valence-corrected chi connectivity index (χ1v) is 13.6. The molecule has 0 aliphatic carbocycles. The zero-order valence-electron chi connectivity index (χ0n) is 22.8. The van der Waals surface area contributed by atoms with Crippen molar-refractivity contribution in [3.05, 3.63) is 77.6 Å². The zero-order valence-corrected chi connectivity index (χ0v) is 22.8. The van der Waals surface area contributed by atoms with E-state index in [1.165, 1.54) is 37.6 Å². The van der Waals surface area contributed by atoms with Crippen LogP contribution in [0.4, 0.5) is 23.4 Å². The highest BCUT2D eigenvalue weighted by Gasteiger charge is 2.45. The topological polar surface area (TPSA) is 110 Å². The number of H-pyrrole nitrogens is 1. The predicted molar refractivity (Wildman–Crippen MR) is 149 cm³/mol. The summed E-state index contributed by atoms with van der Waals surface area (Å²) in [5.74, 6) is 0.461. The summed E-state index contributed by atoms with van der Waals surface area (Å²) < 4.78 is 55.8. The molecular formula is C30H24F4N8O. The maximum Gasteiger partial charge on any atom is 0.435 e. The summed E-state index contributed by atoms with van der Waals surface area (Å²) in [6.45, 7) is 1.90. The summed E-state index contributed by atoms with van der Waals surface area (Å²) in [6, 6.07) is 11.9. The largest absolute Gasteiger partial charge is 0.508 e. The quantitative estimate of drug-likeness (QED) is 0.271. The van der Waals surface area contributed by atoms with Gasteiger partial charge in [0.2, 0.25) is 0 Å². The van der Waals surface area contributed by atoms with Gasteiger partial charge in [-0.1, -0.05) is 0 Å². The van der Waals surface area contributed by atoms with Crippen LogP contribution < -0.4 is 4.90 Å². The number of pyridine rings is 2. The van der Waals surface area contributed by atoms with Crippen LogP contribution in [-0.2, 0) is 19.8 Å². The number of nitrogens with zero attached hydrogens (tertiary/aromatic N) is 7. The third kappa shape index (κ3) is 4.64. The molecule has 0 radical (unpaired) electrons. The van der Waals surface area contributed by atoms with Gasteiger partial charge in [-0.3, -0.25) is 9.58 Å². The van der Waals surface area contributed by atoms with Gasteiger partial charge in [-0.25, -0.2) is 14.4 Å². The van der Waals surface area contributed by atoms with E-state index in [4.69, 9.17) is 0 Å². The van der Waals surface area contributed by atoms with Gasteiger partial charge in [-0.05, 0) is 42.8 Å². The van der Waals surface area contributed by atoms with Gasteiger partial charge in [0.15, 0.2) is 5.69 Å². The molecule has 13 heteroatoms.